The Labute approximate surface area is 92.5 Å². The van der Waals surface area contributed by atoms with Gasteiger partial charge in [-0.05, 0) is 23.8 Å². The normalized spacial score (nSPS) is 23.9. The van der Waals surface area contributed by atoms with Crippen molar-refractivity contribution in [1.82, 2.24) is 10.4 Å². The molecular weight excluding hydrogens is 214 g/mol. The van der Waals surface area contributed by atoms with Gasteiger partial charge in [0.15, 0.2) is 0 Å². The number of rotatable bonds is 4. The van der Waals surface area contributed by atoms with Gasteiger partial charge in [0.05, 0.1) is 5.51 Å². The molecule has 0 bridgehead atoms. The highest BCUT2D eigenvalue weighted by Gasteiger charge is 2.24. The van der Waals surface area contributed by atoms with Gasteiger partial charge in [0.2, 0.25) is 0 Å². The number of hydrogen-bond donors (Lipinski definition) is 2. The number of thioether (sulfide) groups is 1. The van der Waals surface area contributed by atoms with Gasteiger partial charge in [0, 0.05) is 23.5 Å². The highest BCUT2D eigenvalue weighted by Crippen LogP contribution is 2.27. The monoisotopic (exact) mass is 229 g/mol. The van der Waals surface area contributed by atoms with Gasteiger partial charge in [-0.3, -0.25) is 16.3 Å². The third-order valence-corrected chi connectivity index (χ3v) is 4.64. The number of nitrogens with zero attached hydrogens (tertiary/aromatic N) is 1. The van der Waals surface area contributed by atoms with Crippen molar-refractivity contribution < 1.29 is 0 Å². The molecule has 0 amide bonds. The number of thiazole rings is 1. The van der Waals surface area contributed by atoms with Crippen molar-refractivity contribution in [3.63, 3.8) is 0 Å². The van der Waals surface area contributed by atoms with Gasteiger partial charge in [-0.2, -0.15) is 11.8 Å². The Morgan fingerprint density at radius 1 is 1.71 bits per heavy atom. The highest BCUT2D eigenvalue weighted by atomic mass is 32.2. The Balaban J connectivity index is 1.92. The van der Waals surface area contributed by atoms with E-state index in [2.05, 4.69) is 10.4 Å². The van der Waals surface area contributed by atoms with Crippen LogP contribution in [0.25, 0.3) is 0 Å². The summed E-state index contributed by atoms with van der Waals surface area (Å²) in [7, 11) is 0. The van der Waals surface area contributed by atoms with E-state index in [0.717, 1.165) is 12.3 Å². The molecule has 2 rings (SSSR count). The number of aromatic nitrogens is 1. The fourth-order valence-corrected chi connectivity index (χ4v) is 3.78. The molecule has 2 unspecified atom stereocenters. The topological polar surface area (TPSA) is 50.9 Å². The lowest BCUT2D eigenvalue weighted by Gasteiger charge is -2.20. The van der Waals surface area contributed by atoms with Crippen LogP contribution in [-0.2, 0) is 6.42 Å². The average molecular weight is 229 g/mol. The van der Waals surface area contributed by atoms with Crippen molar-refractivity contribution in [1.29, 1.82) is 0 Å². The summed E-state index contributed by atoms with van der Waals surface area (Å²) >= 11 is 3.74. The zero-order valence-electron chi connectivity index (χ0n) is 7.98. The molecule has 14 heavy (non-hydrogen) atoms. The van der Waals surface area contributed by atoms with Crippen LogP contribution < -0.4 is 11.3 Å². The Bertz CT molecular complexity index is 257. The first-order valence-corrected chi connectivity index (χ1v) is 6.85. The second-order valence-corrected chi connectivity index (χ2v) is 5.69. The second-order valence-electron chi connectivity index (χ2n) is 3.57. The van der Waals surface area contributed by atoms with Gasteiger partial charge >= 0.3 is 0 Å². The van der Waals surface area contributed by atoms with Crippen molar-refractivity contribution in [2.45, 2.75) is 18.9 Å². The molecular formula is C9H15N3S2. The van der Waals surface area contributed by atoms with Gasteiger partial charge in [0.25, 0.3) is 0 Å². The number of nitrogens with two attached hydrogens (primary N) is 1. The molecule has 2 heterocycles. The standard InChI is InChI=1S/C9H15N3S2/c10-12-9(7-1-2-13-5-7)3-8-4-11-6-14-8/h4,6-7,9,12H,1-3,5,10H2. The lowest BCUT2D eigenvalue weighted by molar-refractivity contribution is 0.388. The molecule has 5 heteroatoms. The van der Waals surface area contributed by atoms with Crippen LogP contribution in [0.5, 0.6) is 0 Å². The van der Waals surface area contributed by atoms with E-state index in [1.54, 1.807) is 11.3 Å². The summed E-state index contributed by atoms with van der Waals surface area (Å²) in [4.78, 5) is 5.40. The Hall–Kier alpha value is -0.100. The second kappa shape index (κ2) is 5.11. The van der Waals surface area contributed by atoms with Crippen LogP contribution in [0.15, 0.2) is 11.7 Å². The Morgan fingerprint density at radius 2 is 2.64 bits per heavy atom. The van der Waals surface area contributed by atoms with Crippen molar-refractivity contribution in [3.05, 3.63) is 16.6 Å². The lowest BCUT2D eigenvalue weighted by Crippen LogP contribution is -2.42. The molecule has 78 valence electrons. The van der Waals surface area contributed by atoms with Crippen molar-refractivity contribution in [3.8, 4) is 0 Å². The minimum absolute atomic E-state index is 0.422. The third-order valence-electron chi connectivity index (χ3n) is 2.65. The molecule has 0 saturated carbocycles. The summed E-state index contributed by atoms with van der Waals surface area (Å²) in [5, 5.41) is 0. The maximum atomic E-state index is 5.59. The van der Waals surface area contributed by atoms with Crippen molar-refractivity contribution in [2.75, 3.05) is 11.5 Å². The highest BCUT2D eigenvalue weighted by molar-refractivity contribution is 7.99. The van der Waals surface area contributed by atoms with Crippen molar-refractivity contribution in [2.24, 2.45) is 11.8 Å². The van der Waals surface area contributed by atoms with E-state index in [-0.39, 0.29) is 0 Å². The molecule has 0 radical (unpaired) electrons. The summed E-state index contributed by atoms with van der Waals surface area (Å²) in [6.45, 7) is 0. The van der Waals surface area contributed by atoms with E-state index in [1.165, 1.54) is 22.8 Å². The maximum absolute atomic E-state index is 5.59. The molecule has 1 fully saturated rings. The van der Waals surface area contributed by atoms with Gasteiger partial charge < -0.3 is 0 Å². The largest absolute Gasteiger partial charge is 0.271 e. The predicted molar refractivity (Wildman–Crippen MR) is 62.4 cm³/mol. The summed E-state index contributed by atoms with van der Waals surface area (Å²) < 4.78 is 0. The Kier molecular flexibility index (Phi) is 3.81. The molecule has 3 N–H and O–H groups in total. The van der Waals surface area contributed by atoms with Crippen LogP contribution in [0.3, 0.4) is 0 Å². The van der Waals surface area contributed by atoms with Crippen LogP contribution in [0, 0.1) is 5.92 Å². The Morgan fingerprint density at radius 3 is 3.21 bits per heavy atom. The molecule has 0 aliphatic carbocycles. The smallest absolute Gasteiger partial charge is 0.0794 e. The summed E-state index contributed by atoms with van der Waals surface area (Å²) in [5.74, 6) is 8.85. The average Bonchev–Trinajstić information content (AvgIpc) is 2.86. The van der Waals surface area contributed by atoms with Gasteiger partial charge in [-0.1, -0.05) is 0 Å². The first kappa shape index (κ1) is 10.4. The van der Waals surface area contributed by atoms with E-state index in [0.29, 0.717) is 6.04 Å². The first-order chi connectivity index (χ1) is 6.90. The molecule has 0 spiro atoms. The van der Waals surface area contributed by atoms with Gasteiger partial charge in [0.1, 0.15) is 0 Å². The number of hydrazine groups is 1. The van der Waals surface area contributed by atoms with E-state index >= 15 is 0 Å². The number of nitrogens with one attached hydrogen (secondary N) is 1. The van der Waals surface area contributed by atoms with Gasteiger partial charge in [-0.25, -0.2) is 0 Å². The molecule has 1 aliphatic heterocycles. The molecule has 1 saturated heterocycles. The summed E-state index contributed by atoms with van der Waals surface area (Å²) in [6, 6.07) is 0.422. The first-order valence-electron chi connectivity index (χ1n) is 4.81. The van der Waals surface area contributed by atoms with Crippen LogP contribution in [0.2, 0.25) is 0 Å². The SMILES string of the molecule is NNC(Cc1cncs1)C1CCSC1. The summed E-state index contributed by atoms with van der Waals surface area (Å²) in [6.07, 6.45) is 4.25. The molecule has 1 aromatic heterocycles. The van der Waals surface area contributed by atoms with Crippen molar-refractivity contribution >= 4 is 23.1 Å². The van der Waals surface area contributed by atoms with E-state index < -0.39 is 0 Å². The quantitative estimate of drug-likeness (QED) is 0.603. The lowest BCUT2D eigenvalue weighted by atomic mass is 9.96. The molecule has 3 nitrogen and oxygen atoms in total. The van der Waals surface area contributed by atoms with Crippen LogP contribution in [0.4, 0.5) is 0 Å². The van der Waals surface area contributed by atoms with E-state index in [9.17, 15) is 0 Å². The fraction of sp³-hybridized carbons (Fsp3) is 0.667. The van der Waals surface area contributed by atoms with Gasteiger partial charge in [-0.15, -0.1) is 11.3 Å². The molecule has 2 atom stereocenters. The third kappa shape index (κ3) is 2.48. The van der Waals surface area contributed by atoms with E-state index in [4.69, 9.17) is 5.84 Å². The predicted octanol–water partition coefficient (Wildman–Crippen LogP) is 1.27. The zero-order chi connectivity index (χ0) is 9.80. The van der Waals surface area contributed by atoms with Crippen LogP contribution in [0.1, 0.15) is 11.3 Å². The minimum atomic E-state index is 0.422. The summed E-state index contributed by atoms with van der Waals surface area (Å²) in [5.41, 5.74) is 4.83. The fourth-order valence-electron chi connectivity index (χ4n) is 1.79. The zero-order valence-corrected chi connectivity index (χ0v) is 9.61. The molecule has 0 aromatic carbocycles. The number of hydrogen-bond acceptors (Lipinski definition) is 5. The van der Waals surface area contributed by atoms with Crippen LogP contribution >= 0.6 is 23.1 Å². The molecule has 1 aliphatic rings. The maximum Gasteiger partial charge on any atom is 0.0794 e. The minimum Gasteiger partial charge on any atom is -0.271 e. The van der Waals surface area contributed by atoms with Crippen LogP contribution in [-0.4, -0.2) is 22.5 Å². The molecule has 1 aromatic rings. The van der Waals surface area contributed by atoms with E-state index in [1.807, 2.05) is 23.5 Å².